The maximum absolute atomic E-state index is 13.8. The molecule has 1 amide bonds. The molecular weight excluding hydrogens is 290 g/mol. The first-order chi connectivity index (χ1) is 9.79. The summed E-state index contributed by atoms with van der Waals surface area (Å²) in [6.07, 6.45) is -3.19. The van der Waals surface area contributed by atoms with E-state index in [1.165, 1.54) is 0 Å². The lowest BCUT2D eigenvalue weighted by Crippen LogP contribution is -2.39. The molecule has 3 nitrogen and oxygen atoms in total. The van der Waals surface area contributed by atoms with E-state index in [9.17, 15) is 27.5 Å². The number of amides is 1. The molecule has 116 valence electrons. The van der Waals surface area contributed by atoms with E-state index >= 15 is 0 Å². The van der Waals surface area contributed by atoms with Gasteiger partial charge in [0.05, 0.1) is 17.2 Å². The van der Waals surface area contributed by atoms with Crippen LogP contribution in [0.25, 0.3) is 0 Å². The summed E-state index contributed by atoms with van der Waals surface area (Å²) in [6.45, 7) is 0. The molecule has 0 saturated heterocycles. The molecule has 0 radical (unpaired) electrons. The van der Waals surface area contributed by atoms with Crippen molar-refractivity contribution in [3.05, 3.63) is 35.1 Å². The van der Waals surface area contributed by atoms with Crippen molar-refractivity contribution in [1.29, 1.82) is 0 Å². The number of hydrogen-bond donors (Lipinski definition) is 2. The SMILES string of the molecule is O=C(NC1CCC(O)CC1)c1cccc(C(F)(F)F)c1F. The molecule has 0 unspecified atom stereocenters. The fraction of sp³-hybridized carbons (Fsp3) is 0.500. The van der Waals surface area contributed by atoms with Crippen LogP contribution < -0.4 is 5.32 Å². The van der Waals surface area contributed by atoms with E-state index in [1.807, 2.05) is 0 Å². The van der Waals surface area contributed by atoms with E-state index in [1.54, 1.807) is 0 Å². The van der Waals surface area contributed by atoms with Crippen molar-refractivity contribution in [2.75, 3.05) is 0 Å². The second-order valence-electron chi connectivity index (χ2n) is 5.14. The van der Waals surface area contributed by atoms with Gasteiger partial charge in [-0.15, -0.1) is 0 Å². The van der Waals surface area contributed by atoms with Gasteiger partial charge in [-0.25, -0.2) is 4.39 Å². The average molecular weight is 305 g/mol. The first-order valence-corrected chi connectivity index (χ1v) is 6.63. The number of aliphatic hydroxyl groups excluding tert-OH is 1. The fourth-order valence-corrected chi connectivity index (χ4v) is 2.41. The van der Waals surface area contributed by atoms with E-state index in [0.29, 0.717) is 31.7 Å². The first-order valence-electron chi connectivity index (χ1n) is 6.63. The highest BCUT2D eigenvalue weighted by atomic mass is 19.4. The Morgan fingerprint density at radius 2 is 1.81 bits per heavy atom. The number of nitrogens with one attached hydrogen (secondary N) is 1. The molecule has 1 aliphatic carbocycles. The minimum atomic E-state index is -4.84. The molecule has 2 N–H and O–H groups in total. The van der Waals surface area contributed by atoms with Crippen molar-refractivity contribution in [1.82, 2.24) is 5.32 Å². The van der Waals surface area contributed by atoms with Crippen molar-refractivity contribution >= 4 is 5.91 Å². The summed E-state index contributed by atoms with van der Waals surface area (Å²) in [4.78, 5) is 11.9. The lowest BCUT2D eigenvalue weighted by Gasteiger charge is -2.26. The van der Waals surface area contributed by atoms with Crippen LogP contribution in [-0.2, 0) is 6.18 Å². The van der Waals surface area contributed by atoms with Gasteiger partial charge in [0.15, 0.2) is 0 Å². The van der Waals surface area contributed by atoms with Gasteiger partial charge in [0, 0.05) is 6.04 Å². The van der Waals surface area contributed by atoms with Crippen LogP contribution in [0.2, 0.25) is 0 Å². The predicted molar refractivity (Wildman–Crippen MR) is 67.1 cm³/mol. The molecule has 1 aromatic carbocycles. The molecule has 0 atom stereocenters. The Bertz CT molecular complexity index is 522. The number of benzene rings is 1. The van der Waals surface area contributed by atoms with Gasteiger partial charge in [-0.05, 0) is 37.8 Å². The molecule has 0 aromatic heterocycles. The summed E-state index contributed by atoms with van der Waals surface area (Å²) in [5.74, 6) is -2.42. The zero-order valence-corrected chi connectivity index (χ0v) is 11.1. The van der Waals surface area contributed by atoms with Gasteiger partial charge in [0.25, 0.3) is 5.91 Å². The minimum absolute atomic E-state index is 0.255. The van der Waals surface area contributed by atoms with Gasteiger partial charge >= 0.3 is 6.18 Å². The first kappa shape index (κ1) is 15.8. The molecule has 2 rings (SSSR count). The fourth-order valence-electron chi connectivity index (χ4n) is 2.41. The monoisotopic (exact) mass is 305 g/mol. The molecule has 1 aliphatic rings. The van der Waals surface area contributed by atoms with Crippen LogP contribution in [0.15, 0.2) is 18.2 Å². The predicted octanol–water partition coefficient (Wildman–Crippen LogP) is 2.88. The molecule has 0 heterocycles. The number of halogens is 4. The smallest absolute Gasteiger partial charge is 0.393 e. The maximum atomic E-state index is 13.8. The second-order valence-corrected chi connectivity index (χ2v) is 5.14. The van der Waals surface area contributed by atoms with Crippen LogP contribution in [0.1, 0.15) is 41.6 Å². The Kier molecular flexibility index (Phi) is 4.51. The molecule has 1 fully saturated rings. The topological polar surface area (TPSA) is 49.3 Å². The zero-order chi connectivity index (χ0) is 15.6. The lowest BCUT2D eigenvalue weighted by atomic mass is 9.93. The third-order valence-corrected chi connectivity index (χ3v) is 3.58. The van der Waals surface area contributed by atoms with E-state index < -0.39 is 35.1 Å². The van der Waals surface area contributed by atoms with Gasteiger partial charge in [-0.3, -0.25) is 4.79 Å². The van der Waals surface area contributed by atoms with Crippen LogP contribution in [0.3, 0.4) is 0 Å². The van der Waals surface area contributed by atoms with Crippen LogP contribution in [0, 0.1) is 5.82 Å². The van der Waals surface area contributed by atoms with Gasteiger partial charge < -0.3 is 10.4 Å². The quantitative estimate of drug-likeness (QED) is 0.826. The van der Waals surface area contributed by atoms with Crippen LogP contribution >= 0.6 is 0 Å². The van der Waals surface area contributed by atoms with Gasteiger partial charge in [0.1, 0.15) is 5.82 Å². The van der Waals surface area contributed by atoms with Gasteiger partial charge in [-0.1, -0.05) is 6.07 Å². The Hall–Kier alpha value is -1.63. The largest absolute Gasteiger partial charge is 0.419 e. The second kappa shape index (κ2) is 6.01. The van der Waals surface area contributed by atoms with E-state index in [0.717, 1.165) is 12.1 Å². The minimum Gasteiger partial charge on any atom is -0.393 e. The third-order valence-electron chi connectivity index (χ3n) is 3.58. The Morgan fingerprint density at radius 1 is 1.19 bits per heavy atom. The highest BCUT2D eigenvalue weighted by molar-refractivity contribution is 5.94. The molecular formula is C14H15F4NO2. The van der Waals surface area contributed by atoms with Crippen LogP contribution in [-0.4, -0.2) is 23.2 Å². The van der Waals surface area contributed by atoms with Gasteiger partial charge in [0.2, 0.25) is 0 Å². The van der Waals surface area contributed by atoms with Crippen LogP contribution in [0.5, 0.6) is 0 Å². The number of carbonyl (C=O) groups is 1. The Morgan fingerprint density at radius 3 is 2.38 bits per heavy atom. The average Bonchev–Trinajstić information content (AvgIpc) is 2.40. The van der Waals surface area contributed by atoms with Crippen molar-refractivity contribution in [2.24, 2.45) is 0 Å². The van der Waals surface area contributed by atoms with Crippen molar-refractivity contribution in [3.8, 4) is 0 Å². The van der Waals surface area contributed by atoms with Crippen LogP contribution in [0.4, 0.5) is 17.6 Å². The van der Waals surface area contributed by atoms with Gasteiger partial charge in [-0.2, -0.15) is 13.2 Å². The summed E-state index contributed by atoms with van der Waals surface area (Å²) in [7, 11) is 0. The molecule has 0 spiro atoms. The molecule has 0 bridgehead atoms. The maximum Gasteiger partial charge on any atom is 0.419 e. The van der Waals surface area contributed by atoms with E-state index in [4.69, 9.17) is 0 Å². The molecule has 1 saturated carbocycles. The van der Waals surface area contributed by atoms with E-state index in [2.05, 4.69) is 5.32 Å². The summed E-state index contributed by atoms with van der Waals surface area (Å²) in [5.41, 5.74) is -2.06. The van der Waals surface area contributed by atoms with Crippen molar-refractivity contribution in [2.45, 2.75) is 44.0 Å². The number of hydrogen-bond acceptors (Lipinski definition) is 2. The highest BCUT2D eigenvalue weighted by Gasteiger charge is 2.36. The third kappa shape index (κ3) is 3.72. The van der Waals surface area contributed by atoms with Crippen molar-refractivity contribution < 1.29 is 27.5 Å². The molecule has 1 aromatic rings. The number of aliphatic hydroxyl groups is 1. The number of carbonyl (C=O) groups excluding carboxylic acids is 1. The molecule has 0 aliphatic heterocycles. The zero-order valence-electron chi connectivity index (χ0n) is 11.1. The summed E-state index contributed by atoms with van der Waals surface area (Å²) < 4.78 is 51.6. The standard InChI is InChI=1S/C14H15F4NO2/c15-12-10(2-1-3-11(12)14(16,17)18)13(21)19-8-4-6-9(20)7-5-8/h1-3,8-9,20H,4-7H2,(H,19,21). The Labute approximate surface area is 119 Å². The molecule has 7 heteroatoms. The number of alkyl halides is 3. The lowest BCUT2D eigenvalue weighted by molar-refractivity contribution is -0.140. The normalized spacial score (nSPS) is 22.9. The number of rotatable bonds is 2. The highest BCUT2D eigenvalue weighted by Crippen LogP contribution is 2.32. The summed E-state index contributed by atoms with van der Waals surface area (Å²) >= 11 is 0. The summed E-state index contributed by atoms with van der Waals surface area (Å²) in [5, 5.41) is 11.9. The van der Waals surface area contributed by atoms with E-state index in [-0.39, 0.29) is 6.04 Å². The molecule has 21 heavy (non-hydrogen) atoms. The van der Waals surface area contributed by atoms with Crippen molar-refractivity contribution in [3.63, 3.8) is 0 Å². The summed E-state index contributed by atoms with van der Waals surface area (Å²) in [6, 6.07) is 2.38. The Balaban J connectivity index is 2.13.